The molecule has 1 heterocycles. The van der Waals surface area contributed by atoms with Crippen LogP contribution in [0.5, 0.6) is 0 Å². The highest BCUT2D eigenvalue weighted by Crippen LogP contribution is 2.38. The van der Waals surface area contributed by atoms with E-state index in [-0.39, 0.29) is 11.4 Å². The Hall–Kier alpha value is -1.35. The van der Waals surface area contributed by atoms with Crippen molar-refractivity contribution in [2.75, 3.05) is 20.6 Å². The van der Waals surface area contributed by atoms with Crippen LogP contribution >= 0.6 is 0 Å². The first-order valence-electron chi connectivity index (χ1n) is 7.39. The Kier molecular flexibility index (Phi) is 4.19. The largest absolute Gasteiger partial charge is 0.345 e. The van der Waals surface area contributed by atoms with E-state index in [4.69, 9.17) is 0 Å². The van der Waals surface area contributed by atoms with E-state index in [0.717, 1.165) is 18.5 Å². The van der Waals surface area contributed by atoms with E-state index in [1.165, 1.54) is 12.0 Å². The van der Waals surface area contributed by atoms with Gasteiger partial charge in [-0.05, 0) is 51.8 Å². The lowest BCUT2D eigenvalue weighted by atomic mass is 9.95. The zero-order chi connectivity index (χ0) is 14.9. The summed E-state index contributed by atoms with van der Waals surface area (Å²) >= 11 is 0. The number of rotatable bonds is 2. The number of carbonyl (C=O) groups is 1. The molecular weight excluding hydrogens is 248 g/mol. The highest BCUT2D eigenvalue weighted by molar-refractivity contribution is 5.95. The minimum Gasteiger partial charge on any atom is -0.345 e. The molecule has 0 aromatic heterocycles. The van der Waals surface area contributed by atoms with Crippen LogP contribution < -0.4 is 0 Å². The first-order chi connectivity index (χ1) is 9.32. The first-order valence-corrected chi connectivity index (χ1v) is 7.39. The fraction of sp³-hybridized carbons (Fsp3) is 0.588. The molecule has 0 bridgehead atoms. The van der Waals surface area contributed by atoms with Crippen LogP contribution in [0.3, 0.4) is 0 Å². The highest BCUT2D eigenvalue weighted by atomic mass is 16.2. The molecule has 0 aliphatic carbocycles. The van der Waals surface area contributed by atoms with Gasteiger partial charge in [-0.25, -0.2) is 0 Å². The highest BCUT2D eigenvalue weighted by Gasteiger charge is 2.35. The molecule has 1 aromatic rings. The lowest BCUT2D eigenvalue weighted by Crippen LogP contribution is -2.41. The van der Waals surface area contributed by atoms with Crippen LogP contribution in [0.4, 0.5) is 0 Å². The third kappa shape index (κ3) is 2.88. The summed E-state index contributed by atoms with van der Waals surface area (Å²) in [5.74, 6) is 0.0985. The third-order valence-corrected chi connectivity index (χ3v) is 4.07. The van der Waals surface area contributed by atoms with E-state index in [0.29, 0.717) is 6.04 Å². The van der Waals surface area contributed by atoms with Gasteiger partial charge in [-0.3, -0.25) is 9.69 Å². The summed E-state index contributed by atoms with van der Waals surface area (Å²) in [5.41, 5.74) is 2.16. The fourth-order valence-corrected chi connectivity index (χ4v) is 3.12. The number of hydrogen-bond acceptors (Lipinski definition) is 2. The summed E-state index contributed by atoms with van der Waals surface area (Å²) in [6.45, 7) is 7.86. The zero-order valence-corrected chi connectivity index (χ0v) is 13.3. The van der Waals surface area contributed by atoms with E-state index in [1.54, 1.807) is 4.90 Å². The second-order valence-corrected chi connectivity index (χ2v) is 6.81. The molecular formula is C17H26N2O. The summed E-state index contributed by atoms with van der Waals surface area (Å²) in [5, 5.41) is 0. The molecule has 110 valence electrons. The van der Waals surface area contributed by atoms with Crippen molar-refractivity contribution < 1.29 is 4.79 Å². The topological polar surface area (TPSA) is 23.6 Å². The van der Waals surface area contributed by atoms with E-state index in [1.807, 2.05) is 32.3 Å². The van der Waals surface area contributed by atoms with Crippen LogP contribution in [0.2, 0.25) is 0 Å². The van der Waals surface area contributed by atoms with Crippen molar-refractivity contribution in [1.29, 1.82) is 0 Å². The van der Waals surface area contributed by atoms with E-state index < -0.39 is 0 Å². The van der Waals surface area contributed by atoms with Gasteiger partial charge in [0.05, 0.1) is 0 Å². The second-order valence-electron chi connectivity index (χ2n) is 6.81. The monoisotopic (exact) mass is 274 g/mol. The average Bonchev–Trinajstić information content (AvgIpc) is 2.86. The molecule has 0 radical (unpaired) electrons. The SMILES string of the molecule is CN(C)C(=O)c1ccccc1C1CCCN1C(C)(C)C. The Morgan fingerprint density at radius 2 is 1.90 bits per heavy atom. The molecule has 1 unspecified atom stereocenters. The standard InChI is InChI=1S/C17H26N2O/c1-17(2,3)19-12-8-11-15(19)13-9-6-7-10-14(13)16(20)18(4)5/h6-7,9-10,15H,8,11-12H2,1-5H3. The lowest BCUT2D eigenvalue weighted by Gasteiger charge is -2.37. The molecule has 0 saturated carbocycles. The van der Waals surface area contributed by atoms with Crippen LogP contribution in [-0.4, -0.2) is 41.9 Å². The summed E-state index contributed by atoms with van der Waals surface area (Å²) in [4.78, 5) is 16.6. The molecule has 1 fully saturated rings. The van der Waals surface area contributed by atoms with Gasteiger partial charge >= 0.3 is 0 Å². The Morgan fingerprint density at radius 1 is 1.25 bits per heavy atom. The molecule has 3 nitrogen and oxygen atoms in total. The molecule has 1 saturated heterocycles. The number of nitrogens with zero attached hydrogens (tertiary/aromatic N) is 2. The van der Waals surface area contributed by atoms with Crippen molar-refractivity contribution in [3.8, 4) is 0 Å². The van der Waals surface area contributed by atoms with E-state index in [9.17, 15) is 4.79 Å². The maximum absolute atomic E-state index is 12.4. The summed E-state index contributed by atoms with van der Waals surface area (Å²) in [7, 11) is 3.63. The van der Waals surface area contributed by atoms with Crippen LogP contribution in [-0.2, 0) is 0 Å². The van der Waals surface area contributed by atoms with E-state index in [2.05, 4.69) is 31.7 Å². The van der Waals surface area contributed by atoms with Crippen molar-refractivity contribution in [2.45, 2.75) is 45.2 Å². The van der Waals surface area contributed by atoms with Gasteiger partial charge < -0.3 is 4.90 Å². The zero-order valence-electron chi connectivity index (χ0n) is 13.3. The molecule has 1 aromatic carbocycles. The summed E-state index contributed by atoms with van der Waals surface area (Å²) in [6, 6.07) is 8.43. The Morgan fingerprint density at radius 3 is 2.50 bits per heavy atom. The van der Waals surface area contributed by atoms with E-state index >= 15 is 0 Å². The van der Waals surface area contributed by atoms with Gasteiger partial charge in [0.2, 0.25) is 0 Å². The second kappa shape index (κ2) is 5.57. The van der Waals surface area contributed by atoms with Gasteiger partial charge in [-0.2, -0.15) is 0 Å². The van der Waals surface area contributed by atoms with Crippen molar-refractivity contribution >= 4 is 5.91 Å². The normalized spacial score (nSPS) is 20.1. The molecule has 1 aliphatic rings. The quantitative estimate of drug-likeness (QED) is 0.826. The fourth-order valence-electron chi connectivity index (χ4n) is 3.12. The molecule has 1 amide bonds. The van der Waals surface area contributed by atoms with Crippen LogP contribution in [0, 0.1) is 0 Å². The average molecular weight is 274 g/mol. The van der Waals surface area contributed by atoms with Crippen molar-refractivity contribution in [3.05, 3.63) is 35.4 Å². The van der Waals surface area contributed by atoms with Crippen molar-refractivity contribution in [1.82, 2.24) is 9.80 Å². The summed E-state index contributed by atoms with van der Waals surface area (Å²) < 4.78 is 0. The molecule has 0 spiro atoms. The maximum Gasteiger partial charge on any atom is 0.253 e. The molecule has 20 heavy (non-hydrogen) atoms. The molecule has 3 heteroatoms. The molecule has 1 atom stereocenters. The number of benzene rings is 1. The number of carbonyl (C=O) groups excluding carboxylic acids is 1. The minimum absolute atomic E-state index is 0.0985. The third-order valence-electron chi connectivity index (χ3n) is 4.07. The number of amides is 1. The Labute approximate surface area is 122 Å². The van der Waals surface area contributed by atoms with Gasteiger partial charge in [0.15, 0.2) is 0 Å². The Balaban J connectivity index is 2.40. The van der Waals surface area contributed by atoms with Gasteiger partial charge in [0, 0.05) is 31.2 Å². The number of likely N-dealkylation sites (tertiary alicyclic amines) is 1. The van der Waals surface area contributed by atoms with Gasteiger partial charge in [0.1, 0.15) is 0 Å². The van der Waals surface area contributed by atoms with Crippen molar-refractivity contribution in [2.24, 2.45) is 0 Å². The molecule has 1 aliphatic heterocycles. The van der Waals surface area contributed by atoms with Crippen LogP contribution in [0.15, 0.2) is 24.3 Å². The minimum atomic E-state index is 0.0985. The molecule has 0 N–H and O–H groups in total. The summed E-state index contributed by atoms with van der Waals surface area (Å²) in [6.07, 6.45) is 2.33. The van der Waals surface area contributed by atoms with Crippen LogP contribution in [0.25, 0.3) is 0 Å². The smallest absolute Gasteiger partial charge is 0.253 e. The molecule has 2 rings (SSSR count). The van der Waals surface area contributed by atoms with Gasteiger partial charge in [-0.15, -0.1) is 0 Å². The van der Waals surface area contributed by atoms with Gasteiger partial charge in [-0.1, -0.05) is 18.2 Å². The number of hydrogen-bond donors (Lipinski definition) is 0. The van der Waals surface area contributed by atoms with Crippen LogP contribution in [0.1, 0.15) is 55.6 Å². The predicted molar refractivity (Wildman–Crippen MR) is 82.9 cm³/mol. The first kappa shape index (κ1) is 15.0. The lowest BCUT2D eigenvalue weighted by molar-refractivity contribution is 0.0817. The van der Waals surface area contributed by atoms with Crippen molar-refractivity contribution in [3.63, 3.8) is 0 Å². The van der Waals surface area contributed by atoms with Gasteiger partial charge in [0.25, 0.3) is 5.91 Å². The Bertz CT molecular complexity index is 488. The maximum atomic E-state index is 12.4. The predicted octanol–water partition coefficient (Wildman–Crippen LogP) is 3.32.